The van der Waals surface area contributed by atoms with E-state index in [4.69, 9.17) is 4.74 Å². The standard InChI is InChI=1S/C14H28N2O2/c1-6-18-12-9-11(14(12,4)5)15-7-8-16-13(17)10(2)3/h10-12,15H,6-9H2,1-5H3,(H,16,17). The molecule has 0 aliphatic heterocycles. The van der Waals surface area contributed by atoms with E-state index in [0.29, 0.717) is 18.7 Å². The van der Waals surface area contributed by atoms with Crippen LogP contribution in [0.25, 0.3) is 0 Å². The second-order valence-electron chi connectivity index (χ2n) is 5.95. The number of amides is 1. The third kappa shape index (κ3) is 3.69. The highest BCUT2D eigenvalue weighted by Crippen LogP contribution is 2.42. The molecule has 1 rings (SSSR count). The van der Waals surface area contributed by atoms with Gasteiger partial charge in [0, 0.05) is 37.1 Å². The summed E-state index contributed by atoms with van der Waals surface area (Å²) in [4.78, 5) is 11.4. The molecule has 106 valence electrons. The maximum Gasteiger partial charge on any atom is 0.222 e. The zero-order valence-corrected chi connectivity index (χ0v) is 12.4. The van der Waals surface area contributed by atoms with E-state index in [9.17, 15) is 4.79 Å². The van der Waals surface area contributed by atoms with Crippen molar-refractivity contribution in [3.63, 3.8) is 0 Å². The Morgan fingerprint density at radius 3 is 2.56 bits per heavy atom. The van der Waals surface area contributed by atoms with Crippen LogP contribution in [-0.4, -0.2) is 37.7 Å². The Kier molecular flexibility index (Phi) is 5.60. The van der Waals surface area contributed by atoms with Crippen LogP contribution in [0.3, 0.4) is 0 Å². The molecule has 1 fully saturated rings. The third-order valence-electron chi connectivity index (χ3n) is 3.88. The molecule has 4 nitrogen and oxygen atoms in total. The molecule has 18 heavy (non-hydrogen) atoms. The Bertz CT molecular complexity index is 277. The molecule has 1 saturated carbocycles. The summed E-state index contributed by atoms with van der Waals surface area (Å²) in [6, 6.07) is 0.491. The van der Waals surface area contributed by atoms with Crippen LogP contribution in [0.4, 0.5) is 0 Å². The van der Waals surface area contributed by atoms with Crippen LogP contribution >= 0.6 is 0 Å². The van der Waals surface area contributed by atoms with E-state index in [2.05, 4.69) is 24.5 Å². The monoisotopic (exact) mass is 256 g/mol. The van der Waals surface area contributed by atoms with Crippen LogP contribution in [0.5, 0.6) is 0 Å². The molecule has 0 saturated heterocycles. The van der Waals surface area contributed by atoms with Gasteiger partial charge < -0.3 is 15.4 Å². The van der Waals surface area contributed by atoms with Gasteiger partial charge in [-0.1, -0.05) is 27.7 Å². The van der Waals surface area contributed by atoms with Crippen molar-refractivity contribution in [3.05, 3.63) is 0 Å². The van der Waals surface area contributed by atoms with Crippen LogP contribution < -0.4 is 10.6 Å². The second-order valence-corrected chi connectivity index (χ2v) is 5.95. The molecule has 2 unspecified atom stereocenters. The van der Waals surface area contributed by atoms with Gasteiger partial charge in [0.25, 0.3) is 0 Å². The smallest absolute Gasteiger partial charge is 0.222 e. The Hall–Kier alpha value is -0.610. The summed E-state index contributed by atoms with van der Waals surface area (Å²) in [5.74, 6) is 0.185. The van der Waals surface area contributed by atoms with Gasteiger partial charge in [0.15, 0.2) is 0 Å². The third-order valence-corrected chi connectivity index (χ3v) is 3.88. The van der Waals surface area contributed by atoms with Crippen molar-refractivity contribution in [3.8, 4) is 0 Å². The highest BCUT2D eigenvalue weighted by molar-refractivity contribution is 5.77. The fraction of sp³-hybridized carbons (Fsp3) is 0.929. The molecule has 0 aromatic carbocycles. The molecule has 0 spiro atoms. The van der Waals surface area contributed by atoms with Gasteiger partial charge in [0.1, 0.15) is 0 Å². The zero-order chi connectivity index (χ0) is 13.8. The molecule has 2 N–H and O–H groups in total. The Morgan fingerprint density at radius 1 is 1.39 bits per heavy atom. The summed E-state index contributed by atoms with van der Waals surface area (Å²) in [5, 5.41) is 6.41. The lowest BCUT2D eigenvalue weighted by Gasteiger charge is -2.52. The lowest BCUT2D eigenvalue weighted by molar-refractivity contribution is -0.124. The lowest BCUT2D eigenvalue weighted by Crippen LogP contribution is -2.61. The summed E-state index contributed by atoms with van der Waals surface area (Å²) in [5.41, 5.74) is 0.193. The zero-order valence-electron chi connectivity index (χ0n) is 12.4. The largest absolute Gasteiger partial charge is 0.378 e. The van der Waals surface area contributed by atoms with Crippen molar-refractivity contribution in [1.29, 1.82) is 0 Å². The van der Waals surface area contributed by atoms with E-state index in [-0.39, 0.29) is 17.2 Å². The number of rotatable bonds is 7. The summed E-state index contributed by atoms with van der Waals surface area (Å²) in [6.07, 6.45) is 1.43. The first kappa shape index (κ1) is 15.4. The molecule has 1 aliphatic rings. The van der Waals surface area contributed by atoms with Crippen molar-refractivity contribution < 1.29 is 9.53 Å². The molecular weight excluding hydrogens is 228 g/mol. The first-order chi connectivity index (χ1) is 8.39. The van der Waals surface area contributed by atoms with E-state index >= 15 is 0 Å². The molecule has 1 aliphatic carbocycles. The number of carbonyl (C=O) groups excluding carboxylic acids is 1. The van der Waals surface area contributed by atoms with E-state index in [1.807, 2.05) is 20.8 Å². The number of hydrogen-bond acceptors (Lipinski definition) is 3. The van der Waals surface area contributed by atoms with E-state index in [1.165, 1.54) is 0 Å². The molecule has 0 aromatic rings. The number of hydrogen-bond donors (Lipinski definition) is 2. The van der Waals surface area contributed by atoms with Crippen molar-refractivity contribution in [1.82, 2.24) is 10.6 Å². The fourth-order valence-electron chi connectivity index (χ4n) is 2.35. The van der Waals surface area contributed by atoms with Gasteiger partial charge in [-0.25, -0.2) is 0 Å². The van der Waals surface area contributed by atoms with Crippen molar-refractivity contribution in [2.75, 3.05) is 19.7 Å². The number of ether oxygens (including phenoxy) is 1. The molecule has 1 amide bonds. The highest BCUT2D eigenvalue weighted by Gasteiger charge is 2.48. The summed E-state index contributed by atoms with van der Waals surface area (Å²) in [7, 11) is 0. The molecule has 0 heterocycles. The maximum atomic E-state index is 11.4. The van der Waals surface area contributed by atoms with Crippen molar-refractivity contribution in [2.24, 2.45) is 11.3 Å². The average molecular weight is 256 g/mol. The topological polar surface area (TPSA) is 50.4 Å². The van der Waals surface area contributed by atoms with Gasteiger partial charge in [-0.15, -0.1) is 0 Å². The van der Waals surface area contributed by atoms with E-state index < -0.39 is 0 Å². The van der Waals surface area contributed by atoms with Crippen LogP contribution in [0.2, 0.25) is 0 Å². The Balaban J connectivity index is 2.16. The number of carbonyl (C=O) groups is 1. The molecule has 2 atom stereocenters. The van der Waals surface area contributed by atoms with E-state index in [0.717, 1.165) is 19.6 Å². The summed E-state index contributed by atoms with van der Waals surface area (Å²) >= 11 is 0. The predicted molar refractivity (Wildman–Crippen MR) is 73.5 cm³/mol. The first-order valence-corrected chi connectivity index (χ1v) is 7.02. The predicted octanol–water partition coefficient (Wildman–Crippen LogP) is 1.55. The van der Waals surface area contributed by atoms with Crippen LogP contribution in [0.15, 0.2) is 0 Å². The lowest BCUT2D eigenvalue weighted by atomic mass is 9.64. The van der Waals surface area contributed by atoms with Gasteiger partial charge in [-0.2, -0.15) is 0 Å². The summed E-state index contributed by atoms with van der Waals surface area (Å²) < 4.78 is 5.69. The first-order valence-electron chi connectivity index (χ1n) is 7.02. The Labute approximate surface area is 111 Å². The molecule has 4 heteroatoms. The Morgan fingerprint density at radius 2 is 2.06 bits per heavy atom. The highest BCUT2D eigenvalue weighted by atomic mass is 16.5. The van der Waals surface area contributed by atoms with Crippen LogP contribution in [-0.2, 0) is 9.53 Å². The quantitative estimate of drug-likeness (QED) is 0.680. The molecule has 0 aromatic heterocycles. The van der Waals surface area contributed by atoms with Crippen molar-refractivity contribution >= 4 is 5.91 Å². The van der Waals surface area contributed by atoms with Gasteiger partial charge in [0.05, 0.1) is 6.10 Å². The number of nitrogens with one attached hydrogen (secondary N) is 2. The molecular formula is C14H28N2O2. The van der Waals surface area contributed by atoms with Crippen LogP contribution in [0, 0.1) is 11.3 Å². The normalized spacial score (nSPS) is 25.9. The van der Waals surface area contributed by atoms with Gasteiger partial charge in [-0.3, -0.25) is 4.79 Å². The summed E-state index contributed by atoms with van der Waals surface area (Å²) in [6.45, 7) is 12.6. The van der Waals surface area contributed by atoms with Gasteiger partial charge in [0.2, 0.25) is 5.91 Å². The second kappa shape index (κ2) is 6.53. The maximum absolute atomic E-state index is 11.4. The van der Waals surface area contributed by atoms with E-state index in [1.54, 1.807) is 0 Å². The molecule has 0 radical (unpaired) electrons. The van der Waals surface area contributed by atoms with Crippen molar-refractivity contribution in [2.45, 2.75) is 53.2 Å². The minimum absolute atomic E-state index is 0.0625. The SMILES string of the molecule is CCOC1CC(NCCNC(=O)C(C)C)C1(C)C. The van der Waals surface area contributed by atoms with Gasteiger partial charge in [-0.05, 0) is 13.3 Å². The minimum atomic E-state index is 0.0625. The van der Waals surface area contributed by atoms with Gasteiger partial charge >= 0.3 is 0 Å². The molecule has 0 bridgehead atoms. The minimum Gasteiger partial charge on any atom is -0.378 e. The fourth-order valence-corrected chi connectivity index (χ4v) is 2.35. The van der Waals surface area contributed by atoms with Crippen LogP contribution in [0.1, 0.15) is 41.0 Å². The average Bonchev–Trinajstić information content (AvgIpc) is 2.31.